The molecule has 3 heterocycles. The molecule has 9 heteroatoms. The average Bonchev–Trinajstić information content (AvgIpc) is 2.78. The number of halogens is 1. The van der Waals surface area contributed by atoms with Crippen molar-refractivity contribution in [1.29, 1.82) is 0 Å². The molecule has 0 spiro atoms. The number of nitrogens with zero attached hydrogens (tertiary/aromatic N) is 2. The molecule has 35 heavy (non-hydrogen) atoms. The van der Waals surface area contributed by atoms with Crippen molar-refractivity contribution in [3.05, 3.63) is 51.4 Å². The highest BCUT2D eigenvalue weighted by Crippen LogP contribution is 2.34. The van der Waals surface area contributed by atoms with E-state index in [4.69, 9.17) is 21.3 Å². The van der Waals surface area contributed by atoms with Gasteiger partial charge in [-0.2, -0.15) is 0 Å². The van der Waals surface area contributed by atoms with Crippen LogP contribution in [-0.4, -0.2) is 52.2 Å². The number of anilines is 1. The van der Waals surface area contributed by atoms with Gasteiger partial charge in [0.2, 0.25) is 0 Å². The highest BCUT2D eigenvalue weighted by molar-refractivity contribution is 6.34. The maximum Gasteiger partial charge on any atom is 0.326 e. The fourth-order valence-electron chi connectivity index (χ4n) is 4.80. The van der Waals surface area contributed by atoms with E-state index in [1.807, 2.05) is 0 Å². The number of carbonyl (C=O) groups is 2. The van der Waals surface area contributed by atoms with Gasteiger partial charge in [0.15, 0.2) is 0 Å². The molecule has 2 aromatic heterocycles. The van der Waals surface area contributed by atoms with Crippen molar-refractivity contribution in [2.45, 2.75) is 70.9 Å². The second kappa shape index (κ2) is 11.4. The second-order valence-electron chi connectivity index (χ2n) is 9.57. The Bertz CT molecular complexity index is 1060. The quantitative estimate of drug-likeness (QED) is 0.450. The van der Waals surface area contributed by atoms with Gasteiger partial charge in [0.25, 0.3) is 5.91 Å². The second-order valence-corrected chi connectivity index (χ2v) is 9.98. The summed E-state index contributed by atoms with van der Waals surface area (Å²) in [5.41, 5.74) is 3.80. The van der Waals surface area contributed by atoms with Crippen LogP contribution in [0.3, 0.4) is 0 Å². The third kappa shape index (κ3) is 6.49. The van der Waals surface area contributed by atoms with Crippen molar-refractivity contribution in [1.82, 2.24) is 15.3 Å². The summed E-state index contributed by atoms with van der Waals surface area (Å²) in [6, 6.07) is 4.87. The summed E-state index contributed by atoms with van der Waals surface area (Å²) in [6.45, 7) is 4.73. The highest BCUT2D eigenvalue weighted by atomic mass is 35.5. The maximum atomic E-state index is 12.6. The van der Waals surface area contributed by atoms with Crippen molar-refractivity contribution >= 4 is 29.3 Å². The summed E-state index contributed by atoms with van der Waals surface area (Å²) in [5, 5.41) is 15.8. The van der Waals surface area contributed by atoms with E-state index in [0.29, 0.717) is 17.3 Å². The monoisotopic (exact) mass is 500 g/mol. The van der Waals surface area contributed by atoms with Crippen molar-refractivity contribution < 1.29 is 19.4 Å². The lowest BCUT2D eigenvalue weighted by Crippen LogP contribution is -2.42. The maximum absolute atomic E-state index is 12.6. The smallest absolute Gasteiger partial charge is 0.326 e. The number of fused-ring (bicyclic) bond motifs is 1. The summed E-state index contributed by atoms with van der Waals surface area (Å²) in [6.07, 6.45) is 6.55. The molecule has 3 N–H and O–H groups in total. The Morgan fingerprint density at radius 2 is 2.09 bits per heavy atom. The van der Waals surface area contributed by atoms with Crippen LogP contribution in [0.4, 0.5) is 5.82 Å². The van der Waals surface area contributed by atoms with E-state index in [0.717, 1.165) is 56.6 Å². The zero-order chi connectivity index (χ0) is 24.9. The predicted octanol–water partition coefficient (Wildman–Crippen LogP) is 4.11. The van der Waals surface area contributed by atoms with Crippen LogP contribution < -0.4 is 10.6 Å². The minimum atomic E-state index is -1.10. The van der Waals surface area contributed by atoms with Gasteiger partial charge in [0, 0.05) is 31.0 Å². The van der Waals surface area contributed by atoms with Gasteiger partial charge in [-0.1, -0.05) is 17.7 Å². The van der Waals surface area contributed by atoms with E-state index in [1.54, 1.807) is 19.9 Å². The number of amides is 1. The zero-order valence-corrected chi connectivity index (χ0v) is 21.0. The number of carbonyl (C=O) groups excluding carboxylic acids is 1. The summed E-state index contributed by atoms with van der Waals surface area (Å²) in [4.78, 5) is 33.3. The Morgan fingerprint density at radius 1 is 1.29 bits per heavy atom. The molecular formula is C26H33ClN4O4. The van der Waals surface area contributed by atoms with Crippen molar-refractivity contribution in [2.24, 2.45) is 5.92 Å². The van der Waals surface area contributed by atoms with Crippen molar-refractivity contribution in [3.63, 3.8) is 0 Å². The first-order chi connectivity index (χ1) is 16.8. The van der Waals surface area contributed by atoms with E-state index < -0.39 is 17.9 Å². The molecule has 1 aliphatic heterocycles. The molecule has 0 unspecified atom stereocenters. The van der Waals surface area contributed by atoms with E-state index in [9.17, 15) is 14.7 Å². The van der Waals surface area contributed by atoms with E-state index >= 15 is 0 Å². The van der Waals surface area contributed by atoms with Crippen molar-refractivity contribution in [2.75, 3.05) is 18.5 Å². The Labute approximate surface area is 210 Å². The van der Waals surface area contributed by atoms with Gasteiger partial charge < -0.3 is 20.5 Å². The lowest BCUT2D eigenvalue weighted by atomic mass is 9.79. The Kier molecular flexibility index (Phi) is 8.23. The minimum Gasteiger partial charge on any atom is -0.480 e. The standard InChI is InChI=1S/C26H33ClN4O4/c1-15-12-21(27)23(16(2)29-15)25(32)31-22(26(33)34)9-11-35-20-13-17(14-20)5-7-19-8-6-18-4-3-10-28-24(18)30-19/h6,8,12,17,20,22H,3-5,7,9-11,13-14H2,1-2H3,(H,28,30)(H,31,32)(H,33,34)/t17?,20?,22-/m1/s1. The molecule has 1 aliphatic carbocycles. The van der Waals surface area contributed by atoms with Gasteiger partial charge in [-0.25, -0.2) is 9.78 Å². The molecular weight excluding hydrogens is 468 g/mol. The van der Waals surface area contributed by atoms with Gasteiger partial charge in [-0.05, 0) is 76.0 Å². The summed E-state index contributed by atoms with van der Waals surface area (Å²) < 4.78 is 5.89. The van der Waals surface area contributed by atoms with Gasteiger partial charge in [-0.3, -0.25) is 9.78 Å². The average molecular weight is 501 g/mol. The van der Waals surface area contributed by atoms with Crippen LogP contribution in [0.5, 0.6) is 0 Å². The topological polar surface area (TPSA) is 113 Å². The first-order valence-corrected chi connectivity index (χ1v) is 12.7. The highest BCUT2D eigenvalue weighted by Gasteiger charge is 2.30. The number of ether oxygens (including phenoxy) is 1. The number of nitrogens with one attached hydrogen (secondary N) is 2. The molecule has 0 aromatic carbocycles. The molecule has 0 bridgehead atoms. The molecule has 1 saturated carbocycles. The zero-order valence-electron chi connectivity index (χ0n) is 20.3. The number of carboxylic acids is 1. The third-order valence-electron chi connectivity index (χ3n) is 6.82. The predicted molar refractivity (Wildman–Crippen MR) is 134 cm³/mol. The Hall–Kier alpha value is -2.71. The lowest BCUT2D eigenvalue weighted by molar-refractivity contribution is -0.140. The van der Waals surface area contributed by atoms with E-state index in [2.05, 4.69) is 27.8 Å². The number of aromatic nitrogens is 2. The largest absolute Gasteiger partial charge is 0.480 e. The van der Waals surface area contributed by atoms with Gasteiger partial charge >= 0.3 is 5.97 Å². The van der Waals surface area contributed by atoms with Gasteiger partial charge in [0.1, 0.15) is 11.9 Å². The van der Waals surface area contributed by atoms with E-state index in [-0.39, 0.29) is 29.7 Å². The van der Waals surface area contributed by atoms with Crippen molar-refractivity contribution in [3.8, 4) is 0 Å². The normalized spacial score (nSPS) is 19.7. The molecule has 0 saturated heterocycles. The molecule has 4 rings (SSSR count). The van der Waals surface area contributed by atoms with Crippen LogP contribution in [0, 0.1) is 19.8 Å². The number of rotatable bonds is 10. The molecule has 1 amide bonds. The molecule has 2 aromatic rings. The number of hydrogen-bond acceptors (Lipinski definition) is 6. The summed E-state index contributed by atoms with van der Waals surface area (Å²) >= 11 is 6.19. The van der Waals surface area contributed by atoms with Crippen LogP contribution in [-0.2, 0) is 22.4 Å². The molecule has 188 valence electrons. The number of aryl methyl sites for hydroxylation is 4. The van der Waals surface area contributed by atoms with Crippen LogP contribution in [0.1, 0.15) is 65.1 Å². The Morgan fingerprint density at radius 3 is 2.83 bits per heavy atom. The first kappa shape index (κ1) is 25.4. The molecule has 0 radical (unpaired) electrons. The number of hydrogen-bond donors (Lipinski definition) is 3. The molecule has 2 aliphatic rings. The Balaban J connectivity index is 1.18. The first-order valence-electron chi connectivity index (χ1n) is 12.3. The SMILES string of the molecule is Cc1cc(Cl)c(C(=O)N[C@H](CCOC2CC(CCc3ccc4c(n3)NCCC4)C2)C(=O)O)c(C)n1. The summed E-state index contributed by atoms with van der Waals surface area (Å²) in [5.74, 6) is -0.00365. The third-order valence-corrected chi connectivity index (χ3v) is 7.12. The fraction of sp³-hybridized carbons (Fsp3) is 0.538. The minimum absolute atomic E-state index is 0.140. The van der Waals surface area contributed by atoms with Crippen LogP contribution in [0.2, 0.25) is 5.02 Å². The summed E-state index contributed by atoms with van der Waals surface area (Å²) in [7, 11) is 0. The van der Waals surface area contributed by atoms with Crippen LogP contribution in [0.25, 0.3) is 0 Å². The molecule has 8 nitrogen and oxygen atoms in total. The fourth-order valence-corrected chi connectivity index (χ4v) is 5.18. The number of carboxylic acid groups (broad SMARTS) is 1. The van der Waals surface area contributed by atoms with Gasteiger partial charge in [0.05, 0.1) is 22.4 Å². The van der Waals surface area contributed by atoms with Crippen LogP contribution >= 0.6 is 11.6 Å². The number of aliphatic carboxylic acids is 1. The van der Waals surface area contributed by atoms with E-state index in [1.165, 1.54) is 5.56 Å². The van der Waals surface area contributed by atoms with Crippen LogP contribution in [0.15, 0.2) is 18.2 Å². The lowest BCUT2D eigenvalue weighted by Gasteiger charge is -2.35. The number of pyridine rings is 2. The molecule has 1 fully saturated rings. The van der Waals surface area contributed by atoms with Gasteiger partial charge in [-0.15, -0.1) is 0 Å². The molecule has 1 atom stereocenters.